The summed E-state index contributed by atoms with van der Waals surface area (Å²) in [4.78, 5) is 29.1. The average Bonchev–Trinajstić information content (AvgIpc) is 2.80. The first-order valence-electron chi connectivity index (χ1n) is 10.3. The molecular formula is C23H26N2O5. The Morgan fingerprint density at radius 2 is 1.70 bits per heavy atom. The van der Waals surface area contributed by atoms with E-state index < -0.39 is 0 Å². The molecule has 0 aromatic heterocycles. The van der Waals surface area contributed by atoms with Gasteiger partial charge in [0.15, 0.2) is 11.5 Å². The number of carbonyl (C=O) groups is 2. The molecule has 4 rings (SSSR count). The van der Waals surface area contributed by atoms with Crippen LogP contribution in [0.1, 0.15) is 25.3 Å². The number of fused-ring (bicyclic) bond motifs is 2. The van der Waals surface area contributed by atoms with E-state index in [1.54, 1.807) is 9.80 Å². The molecular weight excluding hydrogens is 384 g/mol. The minimum Gasteiger partial charge on any atom is -0.490 e. The number of carbonyl (C=O) groups excluding carboxylic acids is 2. The Balaban J connectivity index is 1.38. The van der Waals surface area contributed by atoms with Gasteiger partial charge < -0.3 is 24.0 Å². The van der Waals surface area contributed by atoms with Crippen molar-refractivity contribution < 1.29 is 23.8 Å². The van der Waals surface area contributed by atoms with Crippen LogP contribution in [0.4, 0.5) is 5.69 Å². The number of rotatable bonds is 6. The topological polar surface area (TPSA) is 68.3 Å². The fourth-order valence-corrected chi connectivity index (χ4v) is 3.78. The maximum atomic E-state index is 12.8. The quantitative estimate of drug-likeness (QED) is 0.732. The molecule has 0 aliphatic carbocycles. The maximum Gasteiger partial charge on any atom is 0.227 e. The van der Waals surface area contributed by atoms with Crippen LogP contribution < -0.4 is 19.1 Å². The highest BCUT2D eigenvalue weighted by molar-refractivity contribution is 5.97. The van der Waals surface area contributed by atoms with Crippen LogP contribution in [0.5, 0.6) is 17.2 Å². The van der Waals surface area contributed by atoms with Gasteiger partial charge in [0, 0.05) is 31.5 Å². The predicted molar refractivity (Wildman–Crippen MR) is 112 cm³/mol. The molecule has 7 heteroatoms. The number of hydrogen-bond acceptors (Lipinski definition) is 5. The third-order valence-corrected chi connectivity index (χ3v) is 5.33. The van der Waals surface area contributed by atoms with Crippen LogP contribution in [0, 0.1) is 0 Å². The summed E-state index contributed by atoms with van der Waals surface area (Å²) in [6.07, 6.45) is 0.328. The predicted octanol–water partition coefficient (Wildman–Crippen LogP) is 3.01. The zero-order valence-electron chi connectivity index (χ0n) is 17.1. The van der Waals surface area contributed by atoms with Gasteiger partial charge >= 0.3 is 0 Å². The van der Waals surface area contributed by atoms with Gasteiger partial charge in [0.05, 0.1) is 12.2 Å². The normalized spacial score (nSPS) is 14.5. The summed E-state index contributed by atoms with van der Waals surface area (Å²) in [6, 6.07) is 13.2. The van der Waals surface area contributed by atoms with Crippen molar-refractivity contribution in [3.63, 3.8) is 0 Å². The Labute approximate surface area is 176 Å². The fraction of sp³-hybridized carbons (Fsp3) is 0.391. The summed E-state index contributed by atoms with van der Waals surface area (Å²) in [5.74, 6) is 2.00. The molecule has 2 aliphatic heterocycles. The summed E-state index contributed by atoms with van der Waals surface area (Å²) in [6.45, 7) is 4.90. The van der Waals surface area contributed by atoms with Gasteiger partial charge in [0.2, 0.25) is 11.8 Å². The van der Waals surface area contributed by atoms with Gasteiger partial charge in [-0.15, -0.1) is 0 Å². The van der Waals surface area contributed by atoms with E-state index in [1.165, 1.54) is 0 Å². The lowest BCUT2D eigenvalue weighted by Crippen LogP contribution is -2.39. The first kappa shape index (κ1) is 20.1. The third-order valence-electron chi connectivity index (χ3n) is 5.33. The minimum absolute atomic E-state index is 0.0540. The molecule has 2 aliphatic rings. The highest BCUT2D eigenvalue weighted by Crippen LogP contribution is 2.34. The van der Waals surface area contributed by atoms with Crippen molar-refractivity contribution in [2.24, 2.45) is 0 Å². The second-order valence-electron chi connectivity index (χ2n) is 7.21. The molecule has 0 radical (unpaired) electrons. The molecule has 2 amide bonds. The van der Waals surface area contributed by atoms with Crippen LogP contribution in [-0.2, 0) is 16.1 Å². The van der Waals surface area contributed by atoms with E-state index >= 15 is 0 Å². The Morgan fingerprint density at radius 3 is 2.57 bits per heavy atom. The summed E-state index contributed by atoms with van der Waals surface area (Å²) in [7, 11) is 0. The zero-order valence-corrected chi connectivity index (χ0v) is 17.1. The second kappa shape index (κ2) is 9.07. The minimum atomic E-state index is -0.0658. The van der Waals surface area contributed by atoms with E-state index in [1.807, 2.05) is 49.4 Å². The molecule has 0 bridgehead atoms. The van der Waals surface area contributed by atoms with Crippen LogP contribution in [-0.4, -0.2) is 49.6 Å². The molecule has 0 saturated carbocycles. The Kier molecular flexibility index (Phi) is 6.07. The lowest BCUT2D eigenvalue weighted by Gasteiger charge is -2.30. The van der Waals surface area contributed by atoms with Crippen molar-refractivity contribution in [1.82, 2.24) is 4.90 Å². The molecule has 7 nitrogen and oxygen atoms in total. The first-order valence-corrected chi connectivity index (χ1v) is 10.3. The monoisotopic (exact) mass is 410 g/mol. The number of benzene rings is 2. The highest BCUT2D eigenvalue weighted by atomic mass is 16.6. The Hall–Kier alpha value is -3.22. The molecule has 0 saturated heterocycles. The lowest BCUT2D eigenvalue weighted by atomic mass is 10.1. The summed E-state index contributed by atoms with van der Waals surface area (Å²) >= 11 is 0. The van der Waals surface area contributed by atoms with E-state index in [-0.39, 0.29) is 24.7 Å². The number of amides is 2. The molecule has 0 spiro atoms. The number of anilines is 1. The second-order valence-corrected chi connectivity index (χ2v) is 7.21. The van der Waals surface area contributed by atoms with Crippen molar-refractivity contribution in [2.75, 3.05) is 37.8 Å². The molecule has 2 aromatic rings. The number of hydrogen-bond donors (Lipinski definition) is 0. The standard InChI is InChI=1S/C23H26N2O5/c1-2-24(16-17-6-5-9-20-23(17)30-15-14-29-20)21(26)10-11-22(27)25-12-13-28-19-8-4-3-7-18(19)25/h3-9H,2,10-16H2,1H3. The molecule has 0 fully saturated rings. The first-order chi connectivity index (χ1) is 14.7. The largest absolute Gasteiger partial charge is 0.490 e. The fourth-order valence-electron chi connectivity index (χ4n) is 3.78. The van der Waals surface area contributed by atoms with Crippen LogP contribution in [0.3, 0.4) is 0 Å². The number of ether oxygens (including phenoxy) is 3. The average molecular weight is 410 g/mol. The Bertz CT molecular complexity index is 930. The maximum absolute atomic E-state index is 12.8. The van der Waals surface area contributed by atoms with Crippen molar-refractivity contribution in [3.05, 3.63) is 48.0 Å². The van der Waals surface area contributed by atoms with E-state index in [0.29, 0.717) is 56.7 Å². The molecule has 158 valence electrons. The van der Waals surface area contributed by atoms with Gasteiger partial charge in [-0.3, -0.25) is 9.59 Å². The molecule has 30 heavy (non-hydrogen) atoms. The molecule has 2 aromatic carbocycles. The Morgan fingerprint density at radius 1 is 0.933 bits per heavy atom. The van der Waals surface area contributed by atoms with Crippen molar-refractivity contribution >= 4 is 17.5 Å². The van der Waals surface area contributed by atoms with Gasteiger partial charge in [-0.1, -0.05) is 24.3 Å². The molecule has 0 N–H and O–H groups in total. The van der Waals surface area contributed by atoms with Crippen molar-refractivity contribution in [1.29, 1.82) is 0 Å². The third kappa shape index (κ3) is 4.20. The van der Waals surface area contributed by atoms with Gasteiger partial charge in [-0.2, -0.15) is 0 Å². The van der Waals surface area contributed by atoms with Gasteiger partial charge in [-0.25, -0.2) is 0 Å². The number of para-hydroxylation sites is 3. The van der Waals surface area contributed by atoms with Gasteiger partial charge in [0.1, 0.15) is 25.6 Å². The molecule has 2 heterocycles. The zero-order chi connectivity index (χ0) is 20.9. The van der Waals surface area contributed by atoms with E-state index in [9.17, 15) is 9.59 Å². The van der Waals surface area contributed by atoms with Crippen LogP contribution in [0.15, 0.2) is 42.5 Å². The molecule has 0 unspecified atom stereocenters. The van der Waals surface area contributed by atoms with Crippen molar-refractivity contribution in [3.8, 4) is 17.2 Å². The SMILES string of the molecule is CCN(Cc1cccc2c1OCCO2)C(=O)CCC(=O)N1CCOc2ccccc21. The number of nitrogens with zero attached hydrogens (tertiary/aromatic N) is 2. The van der Waals surface area contributed by atoms with E-state index in [2.05, 4.69) is 0 Å². The summed E-state index contributed by atoms with van der Waals surface area (Å²) < 4.78 is 17.0. The molecule has 0 atom stereocenters. The van der Waals surface area contributed by atoms with E-state index in [0.717, 1.165) is 11.3 Å². The van der Waals surface area contributed by atoms with E-state index in [4.69, 9.17) is 14.2 Å². The summed E-state index contributed by atoms with van der Waals surface area (Å²) in [5.41, 5.74) is 1.68. The van der Waals surface area contributed by atoms with Gasteiger partial charge in [-0.05, 0) is 25.1 Å². The summed E-state index contributed by atoms with van der Waals surface area (Å²) in [5, 5.41) is 0. The van der Waals surface area contributed by atoms with Crippen LogP contribution in [0.2, 0.25) is 0 Å². The van der Waals surface area contributed by atoms with Crippen molar-refractivity contribution in [2.45, 2.75) is 26.3 Å². The van der Waals surface area contributed by atoms with Crippen LogP contribution >= 0.6 is 0 Å². The van der Waals surface area contributed by atoms with Crippen LogP contribution in [0.25, 0.3) is 0 Å². The van der Waals surface area contributed by atoms with Gasteiger partial charge in [0.25, 0.3) is 0 Å². The smallest absolute Gasteiger partial charge is 0.227 e. The lowest BCUT2D eigenvalue weighted by molar-refractivity contribution is -0.133. The highest BCUT2D eigenvalue weighted by Gasteiger charge is 2.25.